The Bertz CT molecular complexity index is 1310. The van der Waals surface area contributed by atoms with Crippen LogP contribution in [0.3, 0.4) is 0 Å². The van der Waals surface area contributed by atoms with Gasteiger partial charge in [-0.25, -0.2) is 4.68 Å². The number of aromatic nitrogens is 2. The van der Waals surface area contributed by atoms with E-state index in [1.54, 1.807) is 31.2 Å². The number of fused-ring (bicyclic) bond motifs is 1. The summed E-state index contributed by atoms with van der Waals surface area (Å²) in [6, 6.07) is 23.8. The maximum Gasteiger partial charge on any atom is 0.255 e. The predicted molar refractivity (Wildman–Crippen MR) is 132 cm³/mol. The highest BCUT2D eigenvalue weighted by molar-refractivity contribution is 6.00. The first kappa shape index (κ1) is 21.8. The Morgan fingerprint density at radius 3 is 2.50 bits per heavy atom. The van der Waals surface area contributed by atoms with Crippen LogP contribution < -0.4 is 14.8 Å². The normalized spacial score (nSPS) is 14.8. The van der Waals surface area contributed by atoms with Crippen LogP contribution in [0.25, 0.3) is 16.9 Å². The van der Waals surface area contributed by atoms with Crippen molar-refractivity contribution < 1.29 is 14.3 Å². The van der Waals surface area contributed by atoms with E-state index in [2.05, 4.69) is 29.6 Å². The minimum absolute atomic E-state index is 0.0769. The highest BCUT2D eigenvalue weighted by Crippen LogP contribution is 2.35. The lowest BCUT2D eigenvalue weighted by Gasteiger charge is -2.25. The molecule has 0 saturated carbocycles. The molecule has 0 bridgehead atoms. The maximum absolute atomic E-state index is 13.6. The molecule has 1 heterocycles. The summed E-state index contributed by atoms with van der Waals surface area (Å²) >= 11 is 0. The molecular weight excluding hydrogens is 426 g/mol. The average molecular weight is 454 g/mol. The Hall–Kier alpha value is -4.06. The molecule has 6 nitrogen and oxygen atoms in total. The molecule has 1 N–H and O–H groups in total. The summed E-state index contributed by atoms with van der Waals surface area (Å²) in [4.78, 5) is 13.6. The van der Waals surface area contributed by atoms with Gasteiger partial charge in [0.2, 0.25) is 0 Å². The van der Waals surface area contributed by atoms with E-state index in [4.69, 9.17) is 14.6 Å². The van der Waals surface area contributed by atoms with Crippen LogP contribution in [0.5, 0.6) is 11.5 Å². The topological polar surface area (TPSA) is 65.4 Å². The monoisotopic (exact) mass is 453 g/mol. The number of amides is 1. The molecule has 34 heavy (non-hydrogen) atoms. The summed E-state index contributed by atoms with van der Waals surface area (Å²) in [5, 5.41) is 8.05. The smallest absolute Gasteiger partial charge is 0.255 e. The highest BCUT2D eigenvalue weighted by atomic mass is 16.5. The van der Waals surface area contributed by atoms with E-state index in [0.717, 1.165) is 30.5 Å². The molecule has 1 unspecified atom stereocenters. The number of hydrogen-bond donors (Lipinski definition) is 1. The fourth-order valence-corrected chi connectivity index (χ4v) is 4.53. The number of carbonyl (C=O) groups is 1. The number of nitrogens with zero attached hydrogens (tertiary/aromatic N) is 2. The molecule has 0 aliphatic heterocycles. The SMILES string of the molecule is COc1ccc(-c2nn(-c3ccccc3)cc2C(=O)NC2CCc3ccccc3C2)c(OC)c1. The van der Waals surface area contributed by atoms with Gasteiger partial charge in [0.15, 0.2) is 0 Å². The number of benzene rings is 3. The number of carbonyl (C=O) groups excluding carboxylic acids is 1. The molecule has 1 aliphatic carbocycles. The third-order valence-electron chi connectivity index (χ3n) is 6.33. The number of nitrogens with one attached hydrogen (secondary N) is 1. The quantitative estimate of drug-likeness (QED) is 0.454. The van der Waals surface area contributed by atoms with Crippen LogP contribution in [0, 0.1) is 0 Å². The third kappa shape index (κ3) is 4.27. The van der Waals surface area contributed by atoms with Gasteiger partial charge >= 0.3 is 0 Å². The third-order valence-corrected chi connectivity index (χ3v) is 6.33. The van der Waals surface area contributed by atoms with Gasteiger partial charge in [-0.3, -0.25) is 4.79 Å². The second kappa shape index (κ2) is 9.43. The van der Waals surface area contributed by atoms with Crippen molar-refractivity contribution in [3.63, 3.8) is 0 Å². The minimum atomic E-state index is -0.139. The molecule has 172 valence electrons. The summed E-state index contributed by atoms with van der Waals surface area (Å²) in [6.07, 6.45) is 4.50. The van der Waals surface area contributed by atoms with Crippen molar-refractivity contribution in [2.75, 3.05) is 14.2 Å². The molecule has 1 atom stereocenters. The van der Waals surface area contributed by atoms with Crippen molar-refractivity contribution in [3.05, 3.63) is 95.7 Å². The summed E-state index contributed by atoms with van der Waals surface area (Å²) in [5.74, 6) is 1.13. The first-order valence-electron chi connectivity index (χ1n) is 11.4. The van der Waals surface area contributed by atoms with E-state index in [-0.39, 0.29) is 11.9 Å². The number of para-hydroxylation sites is 1. The van der Waals surface area contributed by atoms with Gasteiger partial charge in [0.05, 0.1) is 25.5 Å². The Labute approximate surface area is 199 Å². The number of rotatable bonds is 6. The van der Waals surface area contributed by atoms with E-state index in [1.807, 2.05) is 42.5 Å². The van der Waals surface area contributed by atoms with Crippen molar-refractivity contribution in [1.82, 2.24) is 15.1 Å². The van der Waals surface area contributed by atoms with Gasteiger partial charge in [0.25, 0.3) is 5.91 Å². The zero-order valence-corrected chi connectivity index (χ0v) is 19.3. The Balaban J connectivity index is 1.51. The molecule has 6 heteroatoms. The zero-order chi connectivity index (χ0) is 23.5. The Morgan fingerprint density at radius 2 is 1.74 bits per heavy atom. The van der Waals surface area contributed by atoms with Gasteiger partial charge < -0.3 is 14.8 Å². The van der Waals surface area contributed by atoms with Gasteiger partial charge in [-0.15, -0.1) is 0 Å². The van der Waals surface area contributed by atoms with Crippen molar-refractivity contribution in [3.8, 4) is 28.4 Å². The first-order chi connectivity index (χ1) is 16.7. The van der Waals surface area contributed by atoms with Gasteiger partial charge in [0, 0.05) is 23.9 Å². The number of methoxy groups -OCH3 is 2. The number of ether oxygens (including phenoxy) is 2. The first-order valence-corrected chi connectivity index (χ1v) is 11.4. The number of hydrogen-bond acceptors (Lipinski definition) is 4. The molecular formula is C28H27N3O3. The van der Waals surface area contributed by atoms with E-state index < -0.39 is 0 Å². The molecule has 0 fully saturated rings. The van der Waals surface area contributed by atoms with E-state index in [1.165, 1.54) is 11.1 Å². The van der Waals surface area contributed by atoms with Crippen molar-refractivity contribution >= 4 is 5.91 Å². The van der Waals surface area contributed by atoms with Gasteiger partial charge in [-0.05, 0) is 54.7 Å². The van der Waals surface area contributed by atoms with Crippen molar-refractivity contribution in [2.45, 2.75) is 25.3 Å². The summed E-state index contributed by atoms with van der Waals surface area (Å²) in [5.41, 5.74) is 5.35. The summed E-state index contributed by atoms with van der Waals surface area (Å²) in [7, 11) is 3.21. The van der Waals surface area contributed by atoms with Crippen LogP contribution in [0.2, 0.25) is 0 Å². The molecule has 1 amide bonds. The molecule has 0 radical (unpaired) electrons. The molecule has 3 aromatic carbocycles. The van der Waals surface area contributed by atoms with E-state index in [0.29, 0.717) is 22.8 Å². The van der Waals surface area contributed by atoms with E-state index >= 15 is 0 Å². The Kier molecular flexibility index (Phi) is 6.04. The van der Waals surface area contributed by atoms with E-state index in [9.17, 15) is 4.79 Å². The second-order valence-electron chi connectivity index (χ2n) is 8.42. The Morgan fingerprint density at radius 1 is 0.971 bits per heavy atom. The molecule has 0 saturated heterocycles. The highest BCUT2D eigenvalue weighted by Gasteiger charge is 2.25. The zero-order valence-electron chi connectivity index (χ0n) is 19.3. The van der Waals surface area contributed by atoms with Crippen molar-refractivity contribution in [2.24, 2.45) is 0 Å². The van der Waals surface area contributed by atoms with Crippen molar-refractivity contribution in [1.29, 1.82) is 0 Å². The lowest BCUT2D eigenvalue weighted by Crippen LogP contribution is -2.38. The van der Waals surface area contributed by atoms with Gasteiger partial charge in [0.1, 0.15) is 17.2 Å². The van der Waals surface area contributed by atoms with Crippen LogP contribution in [0.4, 0.5) is 0 Å². The molecule has 1 aliphatic rings. The second-order valence-corrected chi connectivity index (χ2v) is 8.42. The number of aryl methyl sites for hydroxylation is 1. The fraction of sp³-hybridized carbons (Fsp3) is 0.214. The lowest BCUT2D eigenvalue weighted by atomic mass is 9.88. The van der Waals surface area contributed by atoms with Gasteiger partial charge in [-0.2, -0.15) is 5.10 Å². The van der Waals surface area contributed by atoms with Crippen LogP contribution in [0.15, 0.2) is 79.0 Å². The average Bonchev–Trinajstić information content (AvgIpc) is 3.34. The van der Waals surface area contributed by atoms with Crippen LogP contribution in [-0.4, -0.2) is 35.9 Å². The maximum atomic E-state index is 13.6. The molecule has 0 spiro atoms. The molecule has 1 aromatic heterocycles. The lowest BCUT2D eigenvalue weighted by molar-refractivity contribution is 0.0934. The predicted octanol–water partition coefficient (Wildman–Crippen LogP) is 4.84. The summed E-state index contributed by atoms with van der Waals surface area (Å²) < 4.78 is 12.7. The minimum Gasteiger partial charge on any atom is -0.497 e. The standard InChI is InChI=1S/C28H27N3O3/c1-33-23-14-15-24(26(17-23)34-2)27-25(18-31(30-27)22-10-4-3-5-11-22)28(32)29-21-13-12-19-8-6-7-9-20(19)16-21/h3-11,14-15,17-18,21H,12-13,16H2,1-2H3,(H,29,32). The van der Waals surface area contributed by atoms with Crippen LogP contribution in [-0.2, 0) is 12.8 Å². The largest absolute Gasteiger partial charge is 0.497 e. The fourth-order valence-electron chi connectivity index (χ4n) is 4.53. The van der Waals surface area contributed by atoms with Gasteiger partial charge in [-0.1, -0.05) is 42.5 Å². The van der Waals surface area contributed by atoms with Crippen LogP contribution in [0.1, 0.15) is 27.9 Å². The molecule has 5 rings (SSSR count). The molecule has 4 aromatic rings. The summed E-state index contributed by atoms with van der Waals surface area (Å²) in [6.45, 7) is 0. The van der Waals surface area contributed by atoms with Crippen LogP contribution >= 0.6 is 0 Å².